The third-order valence-corrected chi connectivity index (χ3v) is 7.54. The summed E-state index contributed by atoms with van der Waals surface area (Å²) in [5.74, 6) is -0.0242. The summed E-state index contributed by atoms with van der Waals surface area (Å²) in [6.07, 6.45) is 2.04. The van der Waals surface area contributed by atoms with Gasteiger partial charge in [-0.3, -0.25) is 29.4 Å². The van der Waals surface area contributed by atoms with E-state index in [-0.39, 0.29) is 30.6 Å². The van der Waals surface area contributed by atoms with Crippen LogP contribution in [0.15, 0.2) is 12.1 Å². The molecule has 2 aromatic rings. The van der Waals surface area contributed by atoms with Crippen LogP contribution >= 0.6 is 0 Å². The summed E-state index contributed by atoms with van der Waals surface area (Å²) in [6.45, 7) is 5.17. The molecular formula is C24H32FN7O4. The number of halogens is 1. The lowest BCUT2D eigenvalue weighted by molar-refractivity contribution is -0.135. The first-order valence-corrected chi connectivity index (χ1v) is 12.5. The van der Waals surface area contributed by atoms with Gasteiger partial charge < -0.3 is 14.9 Å². The highest BCUT2D eigenvalue weighted by Gasteiger charge is 2.30. The average Bonchev–Trinajstić information content (AvgIpc) is 3.19. The Kier molecular flexibility index (Phi) is 6.80. The molecule has 2 N–H and O–H groups in total. The summed E-state index contributed by atoms with van der Waals surface area (Å²) in [6, 6.07) is 2.68. The van der Waals surface area contributed by atoms with E-state index in [1.807, 2.05) is 4.90 Å². The summed E-state index contributed by atoms with van der Waals surface area (Å²) >= 11 is 0. The van der Waals surface area contributed by atoms with Gasteiger partial charge in [0.15, 0.2) is 5.82 Å². The van der Waals surface area contributed by atoms with Crippen LogP contribution in [0.3, 0.4) is 0 Å². The van der Waals surface area contributed by atoms with Gasteiger partial charge >= 0.3 is 6.03 Å². The van der Waals surface area contributed by atoms with Crippen LogP contribution in [0.2, 0.25) is 0 Å². The molecule has 0 aliphatic carbocycles. The molecule has 3 fully saturated rings. The smallest absolute Gasteiger partial charge is 0.329 e. The van der Waals surface area contributed by atoms with E-state index in [2.05, 4.69) is 15.3 Å². The zero-order valence-corrected chi connectivity index (χ0v) is 20.5. The minimum atomic E-state index is -0.544. The summed E-state index contributed by atoms with van der Waals surface area (Å²) in [5.41, 5.74) is 1.24. The van der Waals surface area contributed by atoms with E-state index in [1.54, 1.807) is 22.7 Å². The highest BCUT2D eigenvalue weighted by Crippen LogP contribution is 2.33. The number of aromatic nitrogens is 2. The van der Waals surface area contributed by atoms with Gasteiger partial charge in [0.25, 0.3) is 0 Å². The van der Waals surface area contributed by atoms with Gasteiger partial charge in [-0.15, -0.1) is 0 Å². The topological polar surface area (TPSA) is 114 Å². The number of urea groups is 1. The number of hydrogen-bond acceptors (Lipinski definition) is 7. The van der Waals surface area contributed by atoms with Crippen molar-refractivity contribution in [3.63, 3.8) is 0 Å². The Morgan fingerprint density at radius 1 is 1.11 bits per heavy atom. The first-order valence-electron chi connectivity index (χ1n) is 12.5. The number of piperazine rings is 1. The van der Waals surface area contributed by atoms with Crippen molar-refractivity contribution in [2.75, 3.05) is 68.8 Å². The van der Waals surface area contributed by atoms with Crippen LogP contribution in [-0.4, -0.2) is 101 Å². The number of aliphatic hydroxyl groups is 1. The lowest BCUT2D eigenvalue weighted by atomic mass is 9.96. The molecule has 11 nitrogen and oxygen atoms in total. The number of carbonyl (C=O) groups is 3. The molecule has 0 atom stereocenters. The number of nitrogens with one attached hydrogen (secondary N) is 1. The number of nitrogens with zero attached hydrogens (tertiary/aromatic N) is 6. The zero-order chi connectivity index (χ0) is 25.4. The van der Waals surface area contributed by atoms with Crippen LogP contribution in [0.4, 0.5) is 20.7 Å². The van der Waals surface area contributed by atoms with Gasteiger partial charge in [-0.1, -0.05) is 0 Å². The van der Waals surface area contributed by atoms with Gasteiger partial charge in [0.1, 0.15) is 12.4 Å². The Bertz CT molecular complexity index is 1170. The van der Waals surface area contributed by atoms with Gasteiger partial charge in [-0.2, -0.15) is 5.10 Å². The maximum Gasteiger partial charge on any atom is 0.329 e. The molecule has 194 valence electrons. The van der Waals surface area contributed by atoms with Crippen molar-refractivity contribution in [1.82, 2.24) is 24.9 Å². The molecule has 5 rings (SSSR count). The van der Waals surface area contributed by atoms with Crippen molar-refractivity contribution in [2.24, 2.45) is 13.0 Å². The molecule has 0 saturated carbocycles. The molecule has 12 heteroatoms. The monoisotopic (exact) mass is 501 g/mol. The van der Waals surface area contributed by atoms with Crippen LogP contribution in [0, 0.1) is 11.7 Å². The van der Waals surface area contributed by atoms with E-state index in [0.29, 0.717) is 49.0 Å². The number of rotatable bonds is 5. The Hall–Kier alpha value is -3.25. The van der Waals surface area contributed by atoms with E-state index >= 15 is 4.39 Å². The minimum absolute atomic E-state index is 0.175. The summed E-state index contributed by atoms with van der Waals surface area (Å²) < 4.78 is 16.9. The number of likely N-dealkylation sites (tertiary alicyclic amines) is 1. The number of amides is 4. The quantitative estimate of drug-likeness (QED) is 0.614. The number of piperidine rings is 1. The molecule has 1 aromatic carbocycles. The number of imide groups is 1. The van der Waals surface area contributed by atoms with Crippen LogP contribution in [0.1, 0.15) is 19.3 Å². The third-order valence-electron chi connectivity index (χ3n) is 7.54. The lowest BCUT2D eigenvalue weighted by Crippen LogP contribution is -2.49. The highest BCUT2D eigenvalue weighted by atomic mass is 19.1. The predicted octanol–water partition coefficient (Wildman–Crippen LogP) is 0.512. The van der Waals surface area contributed by atoms with Gasteiger partial charge in [-0.05, 0) is 30.9 Å². The standard InChI is InChI=1S/C24H32FN7O4/c1-28-19-13-20(18(25)12-17(19)23(27-28)32-7-4-21(34)26-24(32)36)30-10-8-29(9-11-30)14-16-2-5-31(6-3-16)22(35)15-33/h12-13,16,33H,2-11,14-15H2,1H3,(H,26,34,36). The molecular weight excluding hydrogens is 469 g/mol. The SMILES string of the molecule is Cn1nc(N2CCC(=O)NC2=O)c2cc(F)c(N3CCN(CC4CCN(C(=O)CO)CC4)CC3)cc21. The number of aryl methyl sites for hydroxylation is 1. The Morgan fingerprint density at radius 3 is 2.50 bits per heavy atom. The first kappa shape index (κ1) is 24.4. The molecule has 1 aromatic heterocycles. The van der Waals surface area contributed by atoms with Crippen LogP contribution < -0.4 is 15.1 Å². The number of benzene rings is 1. The summed E-state index contributed by atoms with van der Waals surface area (Å²) in [5, 5.41) is 16.3. The van der Waals surface area contributed by atoms with E-state index in [0.717, 1.165) is 38.0 Å². The van der Waals surface area contributed by atoms with Crippen molar-refractivity contribution in [3.8, 4) is 0 Å². The fourth-order valence-corrected chi connectivity index (χ4v) is 5.46. The average molecular weight is 502 g/mol. The first-order chi connectivity index (χ1) is 17.3. The number of hydrogen-bond donors (Lipinski definition) is 2. The maximum atomic E-state index is 15.3. The largest absolute Gasteiger partial charge is 0.387 e. The molecule has 0 spiro atoms. The van der Waals surface area contributed by atoms with E-state index in [9.17, 15) is 14.4 Å². The zero-order valence-electron chi connectivity index (χ0n) is 20.5. The van der Waals surface area contributed by atoms with Crippen molar-refractivity contribution in [3.05, 3.63) is 17.9 Å². The molecule has 3 aliphatic rings. The van der Waals surface area contributed by atoms with Crippen LogP contribution in [0.25, 0.3) is 10.9 Å². The van der Waals surface area contributed by atoms with Crippen LogP contribution in [-0.2, 0) is 16.6 Å². The normalized spacial score (nSPS) is 20.4. The van der Waals surface area contributed by atoms with Crippen LogP contribution in [0.5, 0.6) is 0 Å². The predicted molar refractivity (Wildman–Crippen MR) is 131 cm³/mol. The van der Waals surface area contributed by atoms with Gasteiger partial charge in [0, 0.05) is 71.2 Å². The number of anilines is 2. The molecule has 3 aliphatic heterocycles. The van der Waals surface area contributed by atoms with Crippen molar-refractivity contribution >= 4 is 40.3 Å². The summed E-state index contributed by atoms with van der Waals surface area (Å²) in [7, 11) is 1.76. The molecule has 3 saturated heterocycles. The second-order valence-corrected chi connectivity index (χ2v) is 9.79. The molecule has 0 bridgehead atoms. The molecule has 4 amide bonds. The fraction of sp³-hybridized carbons (Fsp3) is 0.583. The molecule has 0 unspecified atom stereocenters. The Morgan fingerprint density at radius 2 is 1.83 bits per heavy atom. The van der Waals surface area contributed by atoms with E-state index < -0.39 is 12.6 Å². The lowest BCUT2D eigenvalue weighted by Gasteiger charge is -2.39. The molecule has 0 radical (unpaired) electrons. The summed E-state index contributed by atoms with van der Waals surface area (Å²) in [4.78, 5) is 43.0. The van der Waals surface area contributed by atoms with Gasteiger partial charge in [0.2, 0.25) is 11.8 Å². The van der Waals surface area contributed by atoms with Crippen molar-refractivity contribution in [2.45, 2.75) is 19.3 Å². The van der Waals surface area contributed by atoms with Gasteiger partial charge in [-0.25, -0.2) is 9.18 Å². The number of fused-ring (bicyclic) bond motifs is 1. The number of aliphatic hydroxyl groups excluding tert-OH is 1. The molecule has 36 heavy (non-hydrogen) atoms. The third kappa shape index (κ3) is 4.74. The molecule has 4 heterocycles. The van der Waals surface area contributed by atoms with Crippen molar-refractivity contribution in [1.29, 1.82) is 0 Å². The van der Waals surface area contributed by atoms with E-state index in [4.69, 9.17) is 5.11 Å². The van der Waals surface area contributed by atoms with Gasteiger partial charge in [0.05, 0.1) is 11.2 Å². The minimum Gasteiger partial charge on any atom is -0.387 e. The Labute approximate surface area is 208 Å². The Balaban J connectivity index is 1.23. The van der Waals surface area contributed by atoms with E-state index in [1.165, 1.54) is 11.0 Å². The fourth-order valence-electron chi connectivity index (χ4n) is 5.46. The number of carbonyl (C=O) groups excluding carboxylic acids is 3. The highest BCUT2D eigenvalue weighted by molar-refractivity contribution is 6.09. The maximum absolute atomic E-state index is 15.3. The second kappa shape index (κ2) is 10.0. The second-order valence-electron chi connectivity index (χ2n) is 9.79. The van der Waals surface area contributed by atoms with Crippen molar-refractivity contribution < 1.29 is 23.9 Å².